The molecule has 6 nitrogen and oxygen atoms in total. The van der Waals surface area contributed by atoms with E-state index in [1.54, 1.807) is 6.92 Å². The van der Waals surface area contributed by atoms with Gasteiger partial charge in [-0.15, -0.1) is 0 Å². The van der Waals surface area contributed by atoms with E-state index in [4.69, 9.17) is 4.74 Å². The number of benzene rings is 2. The average molecular weight is 427 g/mol. The molecule has 2 atom stereocenters. The van der Waals surface area contributed by atoms with Gasteiger partial charge in [-0.2, -0.15) is 8.78 Å². The molecule has 0 aromatic heterocycles. The number of hydrogen-bond donors (Lipinski definition) is 1. The molecule has 0 aliphatic rings. The van der Waals surface area contributed by atoms with Crippen molar-refractivity contribution in [1.82, 2.24) is 5.32 Å². The number of alkyl halides is 2. The highest BCUT2D eigenvalue weighted by atomic mass is 32.2. The first kappa shape index (κ1) is 22.6. The van der Waals surface area contributed by atoms with Gasteiger partial charge in [-0.3, -0.25) is 4.79 Å². The van der Waals surface area contributed by atoms with E-state index in [-0.39, 0.29) is 17.5 Å². The molecule has 1 N–H and O–H groups in total. The van der Waals surface area contributed by atoms with Gasteiger partial charge in [0.05, 0.1) is 18.9 Å². The van der Waals surface area contributed by atoms with E-state index in [2.05, 4.69) is 10.1 Å². The van der Waals surface area contributed by atoms with Crippen LogP contribution in [0.1, 0.15) is 31.0 Å². The van der Waals surface area contributed by atoms with E-state index in [1.165, 1.54) is 32.2 Å². The van der Waals surface area contributed by atoms with Gasteiger partial charge in [0.15, 0.2) is 21.3 Å². The fourth-order valence-electron chi connectivity index (χ4n) is 2.67. The molecule has 2 rings (SSSR count). The van der Waals surface area contributed by atoms with Crippen LogP contribution in [-0.4, -0.2) is 33.3 Å². The lowest BCUT2D eigenvalue weighted by atomic mass is 10.1. The molecule has 158 valence electrons. The SMILES string of the molecule is COc1cc(CS(=O)(=O)[C@H](C)C(=O)N[C@H](C)c2ccccc2)ccc1OC(F)F. The molecule has 1 amide bonds. The molecule has 0 bridgehead atoms. The van der Waals surface area contributed by atoms with Crippen LogP contribution in [0.5, 0.6) is 11.5 Å². The topological polar surface area (TPSA) is 81.7 Å². The Morgan fingerprint density at radius 2 is 1.72 bits per heavy atom. The summed E-state index contributed by atoms with van der Waals surface area (Å²) in [5.41, 5.74) is 1.14. The summed E-state index contributed by atoms with van der Waals surface area (Å²) < 4.78 is 59.5. The summed E-state index contributed by atoms with van der Waals surface area (Å²) in [6.07, 6.45) is 0. The summed E-state index contributed by atoms with van der Waals surface area (Å²) in [5, 5.41) is 1.40. The lowest BCUT2D eigenvalue weighted by Crippen LogP contribution is -2.39. The Morgan fingerprint density at radius 1 is 1.07 bits per heavy atom. The van der Waals surface area contributed by atoms with Crippen LogP contribution >= 0.6 is 0 Å². The number of nitrogens with one attached hydrogen (secondary N) is 1. The standard InChI is InChI=1S/C20H23F2NO5S/c1-13(16-7-5-4-6-8-16)23-19(24)14(2)29(25,26)12-15-9-10-17(28-20(21)22)18(11-15)27-3/h4-11,13-14,20H,12H2,1-3H3,(H,23,24)/t13-,14-/m1/s1. The van der Waals surface area contributed by atoms with Gasteiger partial charge in [0.1, 0.15) is 5.25 Å². The Morgan fingerprint density at radius 3 is 2.31 bits per heavy atom. The minimum Gasteiger partial charge on any atom is -0.493 e. The molecule has 0 aliphatic carbocycles. The number of amides is 1. The molecule has 9 heteroatoms. The van der Waals surface area contributed by atoms with Gasteiger partial charge in [-0.25, -0.2) is 8.42 Å². The van der Waals surface area contributed by atoms with Crippen LogP contribution in [-0.2, 0) is 20.4 Å². The summed E-state index contributed by atoms with van der Waals surface area (Å²) in [6.45, 7) is 0.0429. The van der Waals surface area contributed by atoms with E-state index in [0.717, 1.165) is 5.56 Å². The van der Waals surface area contributed by atoms with Crippen LogP contribution in [0.3, 0.4) is 0 Å². The predicted octanol–water partition coefficient (Wildman–Crippen LogP) is 3.48. The second-order valence-corrected chi connectivity index (χ2v) is 8.78. The van der Waals surface area contributed by atoms with Crippen molar-refractivity contribution in [3.05, 3.63) is 59.7 Å². The van der Waals surface area contributed by atoms with Crippen molar-refractivity contribution in [2.75, 3.05) is 7.11 Å². The maximum Gasteiger partial charge on any atom is 0.387 e. The van der Waals surface area contributed by atoms with Gasteiger partial charge in [0, 0.05) is 0 Å². The second-order valence-electron chi connectivity index (χ2n) is 6.45. The second kappa shape index (κ2) is 9.69. The zero-order chi connectivity index (χ0) is 21.6. The minimum absolute atomic E-state index is 0.0206. The summed E-state index contributed by atoms with van der Waals surface area (Å²) >= 11 is 0. The first-order chi connectivity index (χ1) is 13.6. The molecule has 0 heterocycles. The van der Waals surface area contributed by atoms with E-state index in [0.29, 0.717) is 5.56 Å². The zero-order valence-corrected chi connectivity index (χ0v) is 17.1. The van der Waals surface area contributed by atoms with Gasteiger partial charge in [0.25, 0.3) is 0 Å². The lowest BCUT2D eigenvalue weighted by molar-refractivity contribution is -0.121. The largest absolute Gasteiger partial charge is 0.493 e. The van der Waals surface area contributed by atoms with Gasteiger partial charge >= 0.3 is 6.61 Å². The van der Waals surface area contributed by atoms with Crippen molar-refractivity contribution in [1.29, 1.82) is 0 Å². The Balaban J connectivity index is 2.10. The van der Waals surface area contributed by atoms with Crippen LogP contribution < -0.4 is 14.8 Å². The van der Waals surface area contributed by atoms with Crippen molar-refractivity contribution in [3.8, 4) is 11.5 Å². The highest BCUT2D eigenvalue weighted by molar-refractivity contribution is 7.92. The monoisotopic (exact) mass is 427 g/mol. The normalized spacial score (nSPS) is 13.6. The quantitative estimate of drug-likeness (QED) is 0.663. The molecule has 2 aromatic carbocycles. The number of carbonyl (C=O) groups is 1. The smallest absolute Gasteiger partial charge is 0.387 e. The molecular weight excluding hydrogens is 404 g/mol. The Bertz CT molecular complexity index is 935. The Labute approximate surface area is 168 Å². The fourth-order valence-corrected chi connectivity index (χ4v) is 3.96. The summed E-state index contributed by atoms with van der Waals surface area (Å²) in [5.74, 6) is -1.29. The lowest BCUT2D eigenvalue weighted by Gasteiger charge is -2.18. The number of hydrogen-bond acceptors (Lipinski definition) is 5. The number of carbonyl (C=O) groups excluding carboxylic acids is 1. The van der Waals surface area contributed by atoms with E-state index in [1.807, 2.05) is 30.3 Å². The van der Waals surface area contributed by atoms with Crippen LogP contribution in [0.4, 0.5) is 8.78 Å². The van der Waals surface area contributed by atoms with Gasteiger partial charge in [-0.05, 0) is 37.1 Å². The molecule has 0 unspecified atom stereocenters. The summed E-state index contributed by atoms with van der Waals surface area (Å²) in [7, 11) is -2.60. The molecule has 0 radical (unpaired) electrons. The predicted molar refractivity (Wildman–Crippen MR) is 105 cm³/mol. The zero-order valence-electron chi connectivity index (χ0n) is 16.3. The molecular formula is C20H23F2NO5S. The van der Waals surface area contributed by atoms with Crippen molar-refractivity contribution < 1.29 is 31.5 Å². The molecule has 2 aromatic rings. The third-order valence-corrected chi connectivity index (χ3v) is 6.41. The molecule has 0 saturated heterocycles. The Hall–Kier alpha value is -2.68. The van der Waals surface area contributed by atoms with Crippen molar-refractivity contribution in [2.45, 2.75) is 37.5 Å². The summed E-state index contributed by atoms with van der Waals surface area (Å²) in [4.78, 5) is 12.4. The highest BCUT2D eigenvalue weighted by Crippen LogP contribution is 2.30. The first-order valence-electron chi connectivity index (χ1n) is 8.82. The van der Waals surface area contributed by atoms with Crippen LogP contribution in [0.2, 0.25) is 0 Å². The highest BCUT2D eigenvalue weighted by Gasteiger charge is 2.29. The number of rotatable bonds is 9. The third-order valence-electron chi connectivity index (χ3n) is 4.38. The molecule has 0 aliphatic heterocycles. The van der Waals surface area contributed by atoms with Crippen LogP contribution in [0, 0.1) is 0 Å². The van der Waals surface area contributed by atoms with E-state index in [9.17, 15) is 22.0 Å². The molecule has 0 saturated carbocycles. The Kier molecular flexibility index (Phi) is 7.55. The number of halogens is 2. The van der Waals surface area contributed by atoms with E-state index < -0.39 is 33.4 Å². The fraction of sp³-hybridized carbons (Fsp3) is 0.350. The van der Waals surface area contributed by atoms with Gasteiger partial charge in [-0.1, -0.05) is 36.4 Å². The van der Waals surface area contributed by atoms with Crippen molar-refractivity contribution >= 4 is 15.7 Å². The molecule has 29 heavy (non-hydrogen) atoms. The average Bonchev–Trinajstić information content (AvgIpc) is 2.68. The maximum atomic E-state index is 12.7. The number of ether oxygens (including phenoxy) is 2. The number of sulfone groups is 1. The van der Waals surface area contributed by atoms with Gasteiger partial charge in [0.2, 0.25) is 5.91 Å². The van der Waals surface area contributed by atoms with Crippen LogP contribution in [0.15, 0.2) is 48.5 Å². The van der Waals surface area contributed by atoms with Crippen LogP contribution in [0.25, 0.3) is 0 Å². The molecule has 0 fully saturated rings. The van der Waals surface area contributed by atoms with Crippen molar-refractivity contribution in [2.24, 2.45) is 0 Å². The van der Waals surface area contributed by atoms with Gasteiger partial charge < -0.3 is 14.8 Å². The minimum atomic E-state index is -3.86. The van der Waals surface area contributed by atoms with Crippen molar-refractivity contribution in [3.63, 3.8) is 0 Å². The first-order valence-corrected chi connectivity index (χ1v) is 10.5. The third kappa shape index (κ3) is 6.15. The summed E-state index contributed by atoms with van der Waals surface area (Å²) in [6, 6.07) is 12.7. The maximum absolute atomic E-state index is 12.7. The molecule has 0 spiro atoms. The number of methoxy groups -OCH3 is 1. The van der Waals surface area contributed by atoms with E-state index >= 15 is 0 Å².